The predicted molar refractivity (Wildman–Crippen MR) is 49.1 cm³/mol. The van der Waals surface area contributed by atoms with Crippen molar-refractivity contribution in [3.63, 3.8) is 0 Å². The zero-order valence-electron chi connectivity index (χ0n) is 7.73. The van der Waals surface area contributed by atoms with E-state index in [4.69, 9.17) is 10.5 Å². The SMILES string of the molecule is CC(C)OCn1ccc(N)nc1=O. The Bertz CT molecular complexity index is 332. The van der Waals surface area contributed by atoms with E-state index < -0.39 is 0 Å². The van der Waals surface area contributed by atoms with Gasteiger partial charge in [-0.25, -0.2) is 4.79 Å². The minimum Gasteiger partial charge on any atom is -0.383 e. The molecule has 0 unspecified atom stereocenters. The van der Waals surface area contributed by atoms with Gasteiger partial charge in [0, 0.05) is 6.20 Å². The van der Waals surface area contributed by atoms with Gasteiger partial charge in [0.1, 0.15) is 12.5 Å². The molecule has 0 bridgehead atoms. The van der Waals surface area contributed by atoms with Crippen molar-refractivity contribution < 1.29 is 4.74 Å². The summed E-state index contributed by atoms with van der Waals surface area (Å²) in [5.41, 5.74) is 4.93. The Morgan fingerprint density at radius 2 is 2.38 bits per heavy atom. The molecule has 1 aromatic heterocycles. The Morgan fingerprint density at radius 3 is 2.92 bits per heavy atom. The molecule has 1 aromatic rings. The summed E-state index contributed by atoms with van der Waals surface area (Å²) in [7, 11) is 0. The smallest absolute Gasteiger partial charge is 0.351 e. The van der Waals surface area contributed by atoms with Crippen LogP contribution in [0.4, 0.5) is 5.82 Å². The maximum absolute atomic E-state index is 11.1. The summed E-state index contributed by atoms with van der Waals surface area (Å²) in [6.45, 7) is 4.01. The van der Waals surface area contributed by atoms with Gasteiger partial charge in [0.2, 0.25) is 0 Å². The van der Waals surface area contributed by atoms with E-state index in [1.807, 2.05) is 13.8 Å². The highest BCUT2D eigenvalue weighted by atomic mass is 16.5. The third kappa shape index (κ3) is 2.87. The van der Waals surface area contributed by atoms with Crippen molar-refractivity contribution >= 4 is 5.82 Å². The Morgan fingerprint density at radius 1 is 1.69 bits per heavy atom. The lowest BCUT2D eigenvalue weighted by molar-refractivity contribution is 0.0261. The maximum atomic E-state index is 11.1. The molecule has 0 radical (unpaired) electrons. The van der Waals surface area contributed by atoms with Gasteiger partial charge in [0.25, 0.3) is 0 Å². The molecule has 0 aliphatic heterocycles. The van der Waals surface area contributed by atoms with E-state index in [0.717, 1.165) is 0 Å². The number of hydrogen-bond donors (Lipinski definition) is 1. The molecular weight excluding hydrogens is 170 g/mol. The molecule has 0 amide bonds. The van der Waals surface area contributed by atoms with Crippen LogP contribution in [0.2, 0.25) is 0 Å². The quantitative estimate of drug-likeness (QED) is 0.727. The number of rotatable bonds is 3. The third-order valence-corrected chi connectivity index (χ3v) is 1.44. The molecule has 13 heavy (non-hydrogen) atoms. The zero-order chi connectivity index (χ0) is 9.84. The molecule has 5 heteroatoms. The lowest BCUT2D eigenvalue weighted by Crippen LogP contribution is -2.25. The van der Waals surface area contributed by atoms with E-state index in [0.29, 0.717) is 0 Å². The molecule has 72 valence electrons. The molecule has 0 fully saturated rings. The molecule has 0 aromatic carbocycles. The van der Waals surface area contributed by atoms with Crippen LogP contribution in [0.1, 0.15) is 13.8 Å². The Balaban J connectivity index is 2.73. The number of hydrogen-bond acceptors (Lipinski definition) is 4. The van der Waals surface area contributed by atoms with Gasteiger partial charge < -0.3 is 10.5 Å². The van der Waals surface area contributed by atoms with E-state index in [-0.39, 0.29) is 24.3 Å². The van der Waals surface area contributed by atoms with Gasteiger partial charge in [-0.1, -0.05) is 0 Å². The number of nitrogens with zero attached hydrogens (tertiary/aromatic N) is 2. The zero-order valence-corrected chi connectivity index (χ0v) is 7.73. The molecule has 0 saturated carbocycles. The summed E-state index contributed by atoms with van der Waals surface area (Å²) in [6, 6.07) is 1.56. The highest BCUT2D eigenvalue weighted by molar-refractivity contribution is 5.23. The summed E-state index contributed by atoms with van der Waals surface area (Å²) in [5, 5.41) is 0. The lowest BCUT2D eigenvalue weighted by Gasteiger charge is -2.08. The van der Waals surface area contributed by atoms with Crippen molar-refractivity contribution in [3.05, 3.63) is 22.7 Å². The number of anilines is 1. The van der Waals surface area contributed by atoms with Gasteiger partial charge in [0.15, 0.2) is 0 Å². The number of nitrogen functional groups attached to an aromatic ring is 1. The van der Waals surface area contributed by atoms with Crippen molar-refractivity contribution in [2.45, 2.75) is 26.7 Å². The topological polar surface area (TPSA) is 70.1 Å². The summed E-state index contributed by atoms with van der Waals surface area (Å²) in [6.07, 6.45) is 1.65. The van der Waals surface area contributed by atoms with Crippen LogP contribution in [-0.4, -0.2) is 15.7 Å². The molecule has 0 spiro atoms. The van der Waals surface area contributed by atoms with Gasteiger partial charge in [-0.3, -0.25) is 4.57 Å². The van der Waals surface area contributed by atoms with Gasteiger partial charge in [-0.15, -0.1) is 0 Å². The maximum Gasteiger partial charge on any atom is 0.351 e. The molecule has 1 heterocycles. The van der Waals surface area contributed by atoms with E-state index in [1.54, 1.807) is 12.3 Å². The van der Waals surface area contributed by atoms with E-state index in [1.165, 1.54) is 4.57 Å². The van der Waals surface area contributed by atoms with Gasteiger partial charge in [-0.2, -0.15) is 4.98 Å². The first-order valence-corrected chi connectivity index (χ1v) is 4.04. The van der Waals surface area contributed by atoms with Crippen LogP contribution >= 0.6 is 0 Å². The van der Waals surface area contributed by atoms with Crippen LogP contribution in [0.15, 0.2) is 17.1 Å². The van der Waals surface area contributed by atoms with Crippen LogP contribution in [0.5, 0.6) is 0 Å². The van der Waals surface area contributed by atoms with Crippen molar-refractivity contribution in [2.75, 3.05) is 5.73 Å². The predicted octanol–water partition coefficient (Wildman–Crippen LogP) is 0.208. The summed E-state index contributed by atoms with van der Waals surface area (Å²) in [4.78, 5) is 14.7. The van der Waals surface area contributed by atoms with E-state index in [9.17, 15) is 4.79 Å². The van der Waals surface area contributed by atoms with Crippen LogP contribution in [-0.2, 0) is 11.5 Å². The fourth-order valence-electron chi connectivity index (χ4n) is 0.770. The average molecular weight is 183 g/mol. The summed E-state index contributed by atoms with van der Waals surface area (Å²) in [5.74, 6) is 0.228. The fraction of sp³-hybridized carbons (Fsp3) is 0.500. The molecular formula is C8H13N3O2. The first-order chi connectivity index (χ1) is 6.09. The third-order valence-electron chi connectivity index (χ3n) is 1.44. The lowest BCUT2D eigenvalue weighted by atomic mass is 10.5. The van der Waals surface area contributed by atoms with Crippen molar-refractivity contribution in [3.8, 4) is 0 Å². The fourth-order valence-corrected chi connectivity index (χ4v) is 0.770. The van der Waals surface area contributed by atoms with Crippen LogP contribution in [0, 0.1) is 0 Å². The molecule has 1 rings (SSSR count). The van der Waals surface area contributed by atoms with Crippen LogP contribution in [0.25, 0.3) is 0 Å². The normalized spacial score (nSPS) is 10.7. The summed E-state index contributed by atoms with van der Waals surface area (Å²) < 4.78 is 6.59. The van der Waals surface area contributed by atoms with E-state index in [2.05, 4.69) is 4.98 Å². The number of ether oxygens (including phenoxy) is 1. The minimum absolute atomic E-state index is 0.0875. The second-order valence-electron chi connectivity index (χ2n) is 2.95. The second kappa shape index (κ2) is 4.04. The molecule has 2 N–H and O–H groups in total. The largest absolute Gasteiger partial charge is 0.383 e. The average Bonchev–Trinajstić information content (AvgIpc) is 2.02. The van der Waals surface area contributed by atoms with E-state index >= 15 is 0 Å². The first kappa shape index (κ1) is 9.73. The Kier molecular flexibility index (Phi) is 3.02. The van der Waals surface area contributed by atoms with Gasteiger partial charge >= 0.3 is 5.69 Å². The molecule has 0 aliphatic rings. The van der Waals surface area contributed by atoms with Gasteiger partial charge in [-0.05, 0) is 19.9 Å². The Labute approximate surface area is 76.2 Å². The summed E-state index contributed by atoms with van der Waals surface area (Å²) >= 11 is 0. The number of aromatic nitrogens is 2. The first-order valence-electron chi connectivity index (χ1n) is 4.04. The van der Waals surface area contributed by atoms with Crippen LogP contribution in [0.3, 0.4) is 0 Å². The standard InChI is InChI=1S/C8H13N3O2/c1-6(2)13-5-11-4-3-7(9)10-8(11)12/h3-4,6H,5H2,1-2H3,(H2,9,10,12). The van der Waals surface area contributed by atoms with Crippen molar-refractivity contribution in [2.24, 2.45) is 0 Å². The monoisotopic (exact) mass is 183 g/mol. The highest BCUT2D eigenvalue weighted by Gasteiger charge is 1.98. The van der Waals surface area contributed by atoms with Gasteiger partial charge in [0.05, 0.1) is 6.10 Å². The Hall–Kier alpha value is -1.36. The highest BCUT2D eigenvalue weighted by Crippen LogP contribution is 1.92. The molecule has 0 atom stereocenters. The molecule has 5 nitrogen and oxygen atoms in total. The second-order valence-corrected chi connectivity index (χ2v) is 2.95. The molecule has 0 saturated heterocycles. The minimum atomic E-state index is -0.388. The molecule has 0 aliphatic carbocycles. The number of nitrogens with two attached hydrogens (primary N) is 1. The van der Waals surface area contributed by atoms with Crippen LogP contribution < -0.4 is 11.4 Å². The van der Waals surface area contributed by atoms with Crippen molar-refractivity contribution in [1.29, 1.82) is 0 Å². The van der Waals surface area contributed by atoms with Crippen molar-refractivity contribution in [1.82, 2.24) is 9.55 Å².